The van der Waals surface area contributed by atoms with Gasteiger partial charge in [0.2, 0.25) is 0 Å². The van der Waals surface area contributed by atoms with Crippen LogP contribution in [0.1, 0.15) is 25.5 Å². The van der Waals surface area contributed by atoms with Crippen LogP contribution in [0.15, 0.2) is 18.2 Å². The number of rotatable bonds is 3. The molecule has 1 fully saturated rings. The summed E-state index contributed by atoms with van der Waals surface area (Å²) in [5.41, 5.74) is 0.925. The van der Waals surface area contributed by atoms with Crippen LogP contribution in [0.2, 0.25) is 5.02 Å². The second kappa shape index (κ2) is 5.06. The lowest BCUT2D eigenvalue weighted by atomic mass is 10.1. The van der Waals surface area contributed by atoms with E-state index in [2.05, 4.69) is 5.32 Å². The van der Waals surface area contributed by atoms with Crippen molar-refractivity contribution in [2.45, 2.75) is 25.9 Å². The third-order valence-corrected chi connectivity index (χ3v) is 3.47. The first kappa shape index (κ1) is 13.0. The van der Waals surface area contributed by atoms with Gasteiger partial charge in [-0.2, -0.15) is 0 Å². The molecule has 1 aliphatic rings. The van der Waals surface area contributed by atoms with Gasteiger partial charge in [0.05, 0.1) is 13.2 Å². The van der Waals surface area contributed by atoms with Gasteiger partial charge in [-0.15, -0.1) is 0 Å². The van der Waals surface area contributed by atoms with Crippen LogP contribution in [0.5, 0.6) is 5.75 Å². The number of nitrogens with zero attached hydrogens (tertiary/aromatic N) is 1. The molecule has 1 unspecified atom stereocenters. The fraction of sp³-hybridized carbons (Fsp3) is 0.462. The van der Waals surface area contributed by atoms with E-state index in [1.165, 1.54) is 0 Å². The molecule has 2 rings (SSSR count). The molecule has 1 atom stereocenters. The second-order valence-corrected chi connectivity index (χ2v) is 5.04. The molecule has 1 heterocycles. The van der Waals surface area contributed by atoms with Gasteiger partial charge in [0, 0.05) is 17.6 Å². The van der Waals surface area contributed by atoms with E-state index in [9.17, 15) is 4.79 Å². The van der Waals surface area contributed by atoms with E-state index in [1.54, 1.807) is 18.1 Å². The van der Waals surface area contributed by atoms with Crippen LogP contribution >= 0.6 is 11.6 Å². The summed E-state index contributed by atoms with van der Waals surface area (Å²) in [6.07, 6.45) is 0. The Morgan fingerprint density at radius 1 is 1.50 bits per heavy atom. The third kappa shape index (κ3) is 2.38. The van der Waals surface area contributed by atoms with Crippen molar-refractivity contribution in [3.8, 4) is 5.75 Å². The highest BCUT2D eigenvalue weighted by Crippen LogP contribution is 2.30. The molecule has 1 aliphatic heterocycles. The number of halogens is 1. The average Bonchev–Trinajstić information content (AvgIpc) is 2.71. The van der Waals surface area contributed by atoms with Crippen LogP contribution in [0.3, 0.4) is 0 Å². The second-order valence-electron chi connectivity index (χ2n) is 4.64. The maximum Gasteiger partial charge on any atom is 0.318 e. The first-order valence-corrected chi connectivity index (χ1v) is 6.31. The molecule has 0 aromatic heterocycles. The Morgan fingerprint density at radius 3 is 2.72 bits per heavy atom. The Morgan fingerprint density at radius 2 is 2.22 bits per heavy atom. The monoisotopic (exact) mass is 268 g/mol. The number of methoxy groups -OCH3 is 1. The standard InChI is InChI=1S/C13H17ClN2O2/c1-8(2)16-7-12(15-13(16)17)10-5-4-9(18-3)6-11(10)14/h4-6,8,12H,7H2,1-3H3,(H,15,17). The van der Waals surface area contributed by atoms with Crippen LogP contribution in [-0.4, -0.2) is 30.6 Å². The molecule has 2 amide bonds. The predicted molar refractivity (Wildman–Crippen MR) is 71.1 cm³/mol. The van der Waals surface area contributed by atoms with E-state index in [0.29, 0.717) is 17.3 Å². The molecule has 1 N–H and O–H groups in total. The smallest absolute Gasteiger partial charge is 0.318 e. The number of hydrogen-bond acceptors (Lipinski definition) is 2. The maximum atomic E-state index is 11.8. The molecule has 0 bridgehead atoms. The zero-order chi connectivity index (χ0) is 13.3. The summed E-state index contributed by atoms with van der Waals surface area (Å²) in [6.45, 7) is 4.64. The topological polar surface area (TPSA) is 41.6 Å². The molecule has 0 spiro atoms. The van der Waals surface area contributed by atoms with Crippen molar-refractivity contribution in [3.05, 3.63) is 28.8 Å². The van der Waals surface area contributed by atoms with Crippen molar-refractivity contribution in [3.63, 3.8) is 0 Å². The molecule has 98 valence electrons. The maximum absolute atomic E-state index is 11.8. The quantitative estimate of drug-likeness (QED) is 0.916. The van der Waals surface area contributed by atoms with Gasteiger partial charge in [0.15, 0.2) is 0 Å². The van der Waals surface area contributed by atoms with Crippen molar-refractivity contribution < 1.29 is 9.53 Å². The fourth-order valence-electron chi connectivity index (χ4n) is 2.10. The van der Waals surface area contributed by atoms with E-state index in [-0.39, 0.29) is 18.1 Å². The first-order chi connectivity index (χ1) is 8.52. The van der Waals surface area contributed by atoms with Crippen molar-refractivity contribution in [2.24, 2.45) is 0 Å². The van der Waals surface area contributed by atoms with Crippen LogP contribution in [0, 0.1) is 0 Å². The normalized spacial score (nSPS) is 19.3. The van der Waals surface area contributed by atoms with Gasteiger partial charge < -0.3 is 15.0 Å². The highest BCUT2D eigenvalue weighted by Gasteiger charge is 2.32. The minimum Gasteiger partial charge on any atom is -0.497 e. The van der Waals surface area contributed by atoms with E-state index >= 15 is 0 Å². The first-order valence-electron chi connectivity index (χ1n) is 5.93. The average molecular weight is 269 g/mol. The van der Waals surface area contributed by atoms with Crippen molar-refractivity contribution in [1.82, 2.24) is 10.2 Å². The molecular formula is C13H17ClN2O2. The lowest BCUT2D eigenvalue weighted by Gasteiger charge is -2.19. The molecule has 5 heteroatoms. The lowest BCUT2D eigenvalue weighted by Crippen LogP contribution is -2.33. The molecular weight excluding hydrogens is 252 g/mol. The molecule has 4 nitrogen and oxygen atoms in total. The largest absolute Gasteiger partial charge is 0.497 e. The van der Waals surface area contributed by atoms with Crippen LogP contribution in [0.4, 0.5) is 4.79 Å². The minimum absolute atomic E-state index is 0.0399. The van der Waals surface area contributed by atoms with Crippen molar-refractivity contribution >= 4 is 17.6 Å². The highest BCUT2D eigenvalue weighted by atomic mass is 35.5. The molecule has 18 heavy (non-hydrogen) atoms. The molecule has 0 saturated carbocycles. The zero-order valence-corrected chi connectivity index (χ0v) is 11.5. The third-order valence-electron chi connectivity index (χ3n) is 3.14. The van der Waals surface area contributed by atoms with Gasteiger partial charge >= 0.3 is 6.03 Å². The van der Waals surface area contributed by atoms with Crippen LogP contribution in [-0.2, 0) is 0 Å². The summed E-state index contributed by atoms with van der Waals surface area (Å²) >= 11 is 6.21. The Hall–Kier alpha value is -1.42. The Balaban J connectivity index is 2.21. The summed E-state index contributed by atoms with van der Waals surface area (Å²) in [6, 6.07) is 5.61. The molecule has 0 aliphatic carbocycles. The van der Waals surface area contributed by atoms with Gasteiger partial charge in [-0.1, -0.05) is 17.7 Å². The van der Waals surface area contributed by atoms with Gasteiger partial charge in [-0.25, -0.2) is 4.79 Å². The number of hydrogen-bond donors (Lipinski definition) is 1. The molecule has 1 saturated heterocycles. The van der Waals surface area contributed by atoms with Crippen molar-refractivity contribution in [2.75, 3.05) is 13.7 Å². The van der Waals surface area contributed by atoms with Crippen LogP contribution in [0.25, 0.3) is 0 Å². The van der Waals surface area contributed by atoms with E-state index < -0.39 is 0 Å². The molecule has 1 aromatic carbocycles. The molecule has 1 aromatic rings. The van der Waals surface area contributed by atoms with E-state index in [4.69, 9.17) is 16.3 Å². The summed E-state index contributed by atoms with van der Waals surface area (Å²) in [5.74, 6) is 0.716. The lowest BCUT2D eigenvalue weighted by molar-refractivity contribution is 0.206. The summed E-state index contributed by atoms with van der Waals surface area (Å²) < 4.78 is 5.11. The van der Waals surface area contributed by atoms with Crippen LogP contribution < -0.4 is 10.1 Å². The highest BCUT2D eigenvalue weighted by molar-refractivity contribution is 6.31. The number of amides is 2. The summed E-state index contributed by atoms with van der Waals surface area (Å²) in [4.78, 5) is 13.6. The zero-order valence-electron chi connectivity index (χ0n) is 10.7. The fourth-order valence-corrected chi connectivity index (χ4v) is 2.40. The van der Waals surface area contributed by atoms with Gasteiger partial charge in [0.1, 0.15) is 5.75 Å². The van der Waals surface area contributed by atoms with E-state index in [0.717, 1.165) is 5.56 Å². The number of nitrogens with one attached hydrogen (secondary N) is 1. The summed E-state index contributed by atoms with van der Waals surface area (Å²) in [7, 11) is 1.60. The Bertz CT molecular complexity index is 462. The Labute approximate surface area is 112 Å². The minimum atomic E-state index is -0.0571. The number of urea groups is 1. The SMILES string of the molecule is COc1ccc(C2CN(C(C)C)C(=O)N2)c(Cl)c1. The number of benzene rings is 1. The van der Waals surface area contributed by atoms with Gasteiger partial charge in [-0.05, 0) is 31.5 Å². The number of ether oxygens (including phenoxy) is 1. The van der Waals surface area contributed by atoms with Gasteiger partial charge in [0.25, 0.3) is 0 Å². The number of carbonyl (C=O) groups is 1. The molecule has 0 radical (unpaired) electrons. The Kier molecular flexibility index (Phi) is 3.66. The number of carbonyl (C=O) groups excluding carboxylic acids is 1. The summed E-state index contributed by atoms with van der Waals surface area (Å²) in [5, 5.41) is 3.56. The van der Waals surface area contributed by atoms with E-state index in [1.807, 2.05) is 26.0 Å². The van der Waals surface area contributed by atoms with Crippen molar-refractivity contribution in [1.29, 1.82) is 0 Å². The van der Waals surface area contributed by atoms with Gasteiger partial charge in [-0.3, -0.25) is 0 Å². The predicted octanol–water partition coefficient (Wildman–Crippen LogP) is 2.82.